The molecule has 1 aliphatic rings. The molecule has 7 heteroatoms. The highest BCUT2D eigenvalue weighted by Gasteiger charge is 2.20. The van der Waals surface area contributed by atoms with E-state index in [-0.39, 0.29) is 5.91 Å². The number of rotatable bonds is 7. The minimum atomic E-state index is -0.202. The lowest BCUT2D eigenvalue weighted by atomic mass is 9.97. The van der Waals surface area contributed by atoms with Gasteiger partial charge in [0, 0.05) is 30.4 Å². The van der Waals surface area contributed by atoms with E-state index in [1.54, 1.807) is 30.9 Å². The highest BCUT2D eigenvalue weighted by Crippen LogP contribution is 2.23. The molecule has 0 aliphatic carbocycles. The standard InChI is InChI=1S/C26H27N5O2/c32-26(24-7-11-29-25-23(24)6-10-28-25)30-21-14-22(16-27-15-21)33-18-20-8-12-31(13-9-20)17-19-4-2-1-3-5-19/h1-7,10-11,14-16,20H,8-9,12-13,17-18H2,(H,28,29)(H,30,32). The summed E-state index contributed by atoms with van der Waals surface area (Å²) in [5.41, 5.74) is 3.22. The zero-order valence-corrected chi connectivity index (χ0v) is 18.4. The second-order valence-corrected chi connectivity index (χ2v) is 8.48. The molecular weight excluding hydrogens is 414 g/mol. The van der Waals surface area contributed by atoms with Crippen molar-refractivity contribution in [2.24, 2.45) is 5.92 Å². The van der Waals surface area contributed by atoms with Gasteiger partial charge in [0.05, 0.1) is 30.3 Å². The number of anilines is 1. The van der Waals surface area contributed by atoms with Crippen molar-refractivity contribution >= 4 is 22.6 Å². The van der Waals surface area contributed by atoms with Crippen LogP contribution in [0.1, 0.15) is 28.8 Å². The second kappa shape index (κ2) is 9.83. The molecule has 0 bridgehead atoms. The minimum Gasteiger partial charge on any atom is -0.492 e. The van der Waals surface area contributed by atoms with Gasteiger partial charge in [-0.05, 0) is 49.5 Å². The first-order valence-electron chi connectivity index (χ1n) is 11.3. The summed E-state index contributed by atoms with van der Waals surface area (Å²) < 4.78 is 6.04. The number of fused-ring (bicyclic) bond motifs is 1. The molecule has 1 fully saturated rings. The molecule has 3 aromatic heterocycles. The molecule has 1 saturated heterocycles. The summed E-state index contributed by atoms with van der Waals surface area (Å²) >= 11 is 0. The predicted molar refractivity (Wildman–Crippen MR) is 128 cm³/mol. The van der Waals surface area contributed by atoms with Crippen LogP contribution in [0.2, 0.25) is 0 Å². The number of amides is 1. The molecule has 7 nitrogen and oxygen atoms in total. The molecule has 0 saturated carbocycles. The van der Waals surface area contributed by atoms with E-state index in [4.69, 9.17) is 4.74 Å². The number of pyridine rings is 2. The minimum absolute atomic E-state index is 0.202. The van der Waals surface area contributed by atoms with Crippen LogP contribution in [0.5, 0.6) is 5.75 Å². The fourth-order valence-electron chi connectivity index (χ4n) is 4.29. The number of carbonyl (C=O) groups is 1. The first kappa shape index (κ1) is 21.2. The number of nitrogens with zero attached hydrogens (tertiary/aromatic N) is 3. The van der Waals surface area contributed by atoms with Crippen molar-refractivity contribution in [1.29, 1.82) is 0 Å². The van der Waals surface area contributed by atoms with Crippen molar-refractivity contribution < 1.29 is 9.53 Å². The van der Waals surface area contributed by atoms with E-state index in [1.165, 1.54) is 5.56 Å². The topological polar surface area (TPSA) is 83.1 Å². The van der Waals surface area contributed by atoms with Crippen LogP contribution in [0.25, 0.3) is 11.0 Å². The largest absolute Gasteiger partial charge is 0.492 e. The Balaban J connectivity index is 1.13. The van der Waals surface area contributed by atoms with Crippen LogP contribution in [-0.2, 0) is 6.54 Å². The molecule has 1 amide bonds. The maximum absolute atomic E-state index is 12.8. The Morgan fingerprint density at radius 1 is 1.12 bits per heavy atom. The van der Waals surface area contributed by atoms with Crippen LogP contribution in [-0.4, -0.2) is 45.5 Å². The molecule has 1 aromatic carbocycles. The zero-order valence-electron chi connectivity index (χ0n) is 18.4. The van der Waals surface area contributed by atoms with Crippen LogP contribution in [0, 0.1) is 5.92 Å². The van der Waals surface area contributed by atoms with Crippen molar-refractivity contribution in [2.45, 2.75) is 19.4 Å². The van der Waals surface area contributed by atoms with Crippen molar-refractivity contribution in [2.75, 3.05) is 25.0 Å². The number of piperidine rings is 1. The SMILES string of the molecule is O=C(Nc1cncc(OCC2CCN(Cc3ccccc3)CC2)c1)c1ccnc2[nH]ccc12. The normalized spacial score (nSPS) is 14.9. The quantitative estimate of drug-likeness (QED) is 0.441. The lowest BCUT2D eigenvalue weighted by Gasteiger charge is -2.31. The molecule has 2 N–H and O–H groups in total. The molecule has 168 valence electrons. The van der Waals surface area contributed by atoms with E-state index < -0.39 is 0 Å². The maximum Gasteiger partial charge on any atom is 0.256 e. The Kier molecular flexibility index (Phi) is 6.30. The number of aromatic amines is 1. The maximum atomic E-state index is 12.8. The number of nitrogens with one attached hydrogen (secondary N) is 2. The number of carbonyl (C=O) groups excluding carboxylic acids is 1. The van der Waals surface area contributed by atoms with Gasteiger partial charge < -0.3 is 15.0 Å². The molecule has 5 rings (SSSR count). The Morgan fingerprint density at radius 3 is 2.82 bits per heavy atom. The Labute approximate surface area is 192 Å². The van der Waals surface area contributed by atoms with Gasteiger partial charge in [-0.2, -0.15) is 0 Å². The van der Waals surface area contributed by atoms with E-state index in [0.29, 0.717) is 35.2 Å². The molecule has 4 heterocycles. The van der Waals surface area contributed by atoms with Crippen molar-refractivity contribution in [3.63, 3.8) is 0 Å². The van der Waals surface area contributed by atoms with Crippen LogP contribution < -0.4 is 10.1 Å². The average molecular weight is 442 g/mol. The first-order valence-corrected chi connectivity index (χ1v) is 11.3. The molecule has 4 aromatic rings. The van der Waals surface area contributed by atoms with Crippen LogP contribution in [0.3, 0.4) is 0 Å². The van der Waals surface area contributed by atoms with E-state index in [1.807, 2.05) is 12.1 Å². The first-order chi connectivity index (χ1) is 16.2. The molecular formula is C26H27N5O2. The number of H-pyrrole nitrogens is 1. The lowest BCUT2D eigenvalue weighted by molar-refractivity contribution is 0.102. The van der Waals surface area contributed by atoms with Crippen LogP contribution in [0.15, 0.2) is 73.3 Å². The summed E-state index contributed by atoms with van der Waals surface area (Å²) in [5, 5.41) is 3.70. The highest BCUT2D eigenvalue weighted by molar-refractivity contribution is 6.11. The van der Waals surface area contributed by atoms with Gasteiger partial charge in [0.1, 0.15) is 11.4 Å². The van der Waals surface area contributed by atoms with Gasteiger partial charge in [0.2, 0.25) is 0 Å². The Hall–Kier alpha value is -3.71. The number of hydrogen-bond donors (Lipinski definition) is 2. The summed E-state index contributed by atoms with van der Waals surface area (Å²) in [7, 11) is 0. The van der Waals surface area contributed by atoms with Gasteiger partial charge in [-0.25, -0.2) is 4.98 Å². The van der Waals surface area contributed by atoms with Gasteiger partial charge in [-0.1, -0.05) is 30.3 Å². The van der Waals surface area contributed by atoms with Crippen LogP contribution >= 0.6 is 0 Å². The fourth-order valence-corrected chi connectivity index (χ4v) is 4.29. The zero-order chi connectivity index (χ0) is 22.5. The van der Waals surface area contributed by atoms with Gasteiger partial charge in [-0.3, -0.25) is 14.7 Å². The third kappa shape index (κ3) is 5.21. The number of aromatic nitrogens is 3. The third-order valence-electron chi connectivity index (χ3n) is 6.12. The Morgan fingerprint density at radius 2 is 1.97 bits per heavy atom. The van der Waals surface area contributed by atoms with E-state index >= 15 is 0 Å². The number of ether oxygens (including phenoxy) is 1. The molecule has 0 radical (unpaired) electrons. The summed E-state index contributed by atoms with van der Waals surface area (Å²) in [6.07, 6.45) is 8.95. The van der Waals surface area contributed by atoms with Crippen molar-refractivity contribution in [3.05, 3.63) is 84.4 Å². The highest BCUT2D eigenvalue weighted by atomic mass is 16.5. The van der Waals surface area contributed by atoms with Gasteiger partial charge >= 0.3 is 0 Å². The summed E-state index contributed by atoms with van der Waals surface area (Å²) in [6.45, 7) is 3.83. The lowest BCUT2D eigenvalue weighted by Crippen LogP contribution is -2.35. The van der Waals surface area contributed by atoms with E-state index in [9.17, 15) is 4.79 Å². The van der Waals surface area contributed by atoms with Gasteiger partial charge in [-0.15, -0.1) is 0 Å². The second-order valence-electron chi connectivity index (χ2n) is 8.48. The molecule has 0 spiro atoms. The van der Waals surface area contributed by atoms with Crippen LogP contribution in [0.4, 0.5) is 5.69 Å². The summed E-state index contributed by atoms with van der Waals surface area (Å²) in [4.78, 5) is 26.8. The average Bonchev–Trinajstić information content (AvgIpc) is 3.34. The van der Waals surface area contributed by atoms with E-state index in [0.717, 1.165) is 37.9 Å². The Bertz CT molecular complexity index is 1220. The predicted octanol–water partition coefficient (Wildman–Crippen LogP) is 4.50. The summed E-state index contributed by atoms with van der Waals surface area (Å²) in [6, 6.07) is 16.0. The third-order valence-corrected chi connectivity index (χ3v) is 6.12. The molecule has 33 heavy (non-hydrogen) atoms. The molecule has 1 aliphatic heterocycles. The number of hydrogen-bond acceptors (Lipinski definition) is 5. The van der Waals surface area contributed by atoms with Crippen molar-refractivity contribution in [1.82, 2.24) is 19.9 Å². The van der Waals surface area contributed by atoms with Gasteiger partial charge in [0.25, 0.3) is 5.91 Å². The monoisotopic (exact) mass is 441 g/mol. The van der Waals surface area contributed by atoms with Crippen molar-refractivity contribution in [3.8, 4) is 5.75 Å². The smallest absolute Gasteiger partial charge is 0.256 e. The molecule has 0 atom stereocenters. The number of benzene rings is 1. The molecule has 0 unspecified atom stereocenters. The van der Waals surface area contributed by atoms with E-state index in [2.05, 4.69) is 55.5 Å². The summed E-state index contributed by atoms with van der Waals surface area (Å²) in [5.74, 6) is 0.988. The number of likely N-dealkylation sites (tertiary alicyclic amines) is 1. The fraction of sp³-hybridized carbons (Fsp3) is 0.269. The van der Waals surface area contributed by atoms with Gasteiger partial charge in [0.15, 0.2) is 0 Å².